The van der Waals surface area contributed by atoms with Gasteiger partial charge in [0.15, 0.2) is 4.87 Å². The molecule has 11 heteroatoms. The van der Waals surface area contributed by atoms with Crippen molar-refractivity contribution in [2.24, 2.45) is 0 Å². The van der Waals surface area contributed by atoms with E-state index in [0.717, 1.165) is 0 Å². The monoisotopic (exact) mass is 453 g/mol. The summed E-state index contributed by atoms with van der Waals surface area (Å²) >= 11 is 11.4. The Bertz CT molecular complexity index is 788. The first-order valence-electron chi connectivity index (χ1n) is 8.58. The summed E-state index contributed by atoms with van der Waals surface area (Å²) in [5, 5.41) is 5.84. The van der Waals surface area contributed by atoms with Crippen LogP contribution in [0.4, 0.5) is 4.79 Å². The highest BCUT2D eigenvalue weighted by molar-refractivity contribution is 7.93. The third-order valence-corrected chi connectivity index (χ3v) is 9.43. The highest BCUT2D eigenvalue weighted by Crippen LogP contribution is 2.37. The van der Waals surface area contributed by atoms with Gasteiger partial charge in [0.05, 0.1) is 23.1 Å². The first-order valence-corrected chi connectivity index (χ1v) is 12.3. The Morgan fingerprint density at radius 3 is 2.44 bits per heavy atom. The van der Waals surface area contributed by atoms with Crippen LogP contribution >= 0.6 is 23.2 Å². The minimum atomic E-state index is -4.07. The highest BCUT2D eigenvalue weighted by atomic mass is 35.5. The fraction of sp³-hybridized carbons (Fsp3) is 0.562. The van der Waals surface area contributed by atoms with Gasteiger partial charge in [0, 0.05) is 6.54 Å². The lowest BCUT2D eigenvalue weighted by Crippen LogP contribution is -2.65. The zero-order valence-corrected chi connectivity index (χ0v) is 17.7. The lowest BCUT2D eigenvalue weighted by Gasteiger charge is -2.40. The largest absolute Gasteiger partial charge is 0.616 e. The molecule has 0 aromatic heterocycles. The number of nitrogens with zero attached hydrogens (tertiary/aromatic N) is 1. The highest BCUT2D eigenvalue weighted by Gasteiger charge is 2.49. The summed E-state index contributed by atoms with van der Waals surface area (Å²) in [5.41, 5.74) is 0. The van der Waals surface area contributed by atoms with Crippen LogP contribution in [0.5, 0.6) is 0 Å². The summed E-state index contributed by atoms with van der Waals surface area (Å²) in [6, 6.07) is 4.02. The van der Waals surface area contributed by atoms with Gasteiger partial charge in [-0.25, -0.2) is 13.2 Å². The van der Waals surface area contributed by atoms with E-state index in [-0.39, 0.29) is 27.9 Å². The summed E-state index contributed by atoms with van der Waals surface area (Å²) in [5.74, 6) is 0.781. The van der Waals surface area contributed by atoms with Crippen molar-refractivity contribution in [3.8, 4) is 0 Å². The van der Waals surface area contributed by atoms with E-state index in [1.165, 1.54) is 17.0 Å². The number of rotatable bonds is 3. The maximum atomic E-state index is 13.5. The molecule has 3 rings (SSSR count). The number of sulfone groups is 1. The second kappa shape index (κ2) is 8.34. The van der Waals surface area contributed by atoms with Gasteiger partial charge in [0.25, 0.3) is 0 Å². The predicted octanol–water partition coefficient (Wildman–Crippen LogP) is 1.62. The van der Waals surface area contributed by atoms with Crippen LogP contribution in [0, 0.1) is 0 Å². The van der Waals surface area contributed by atoms with E-state index in [9.17, 15) is 17.8 Å². The summed E-state index contributed by atoms with van der Waals surface area (Å²) in [6.45, 7) is 1.37. The number of nitrogens with one attached hydrogen (secondary N) is 2. The van der Waals surface area contributed by atoms with Gasteiger partial charge >= 0.3 is 6.03 Å². The summed E-state index contributed by atoms with van der Waals surface area (Å²) < 4.78 is 38.6. The molecule has 2 amide bonds. The Labute approximate surface area is 171 Å². The van der Waals surface area contributed by atoms with Gasteiger partial charge in [-0.1, -0.05) is 40.4 Å². The van der Waals surface area contributed by atoms with Crippen LogP contribution in [0.25, 0.3) is 0 Å². The minimum absolute atomic E-state index is 0.0232. The lowest BCUT2D eigenvalue weighted by molar-refractivity contribution is 0.190. The van der Waals surface area contributed by atoms with Crippen LogP contribution in [0.15, 0.2) is 23.1 Å². The molecule has 2 aliphatic heterocycles. The van der Waals surface area contributed by atoms with E-state index in [1.54, 1.807) is 6.07 Å². The van der Waals surface area contributed by atoms with Crippen molar-refractivity contribution in [2.75, 3.05) is 37.7 Å². The van der Waals surface area contributed by atoms with Gasteiger partial charge in [-0.15, -0.1) is 0 Å². The first-order chi connectivity index (χ1) is 12.8. The number of halogens is 2. The normalized spacial score (nSPS) is 24.6. The van der Waals surface area contributed by atoms with Crippen LogP contribution in [0.1, 0.15) is 12.8 Å². The van der Waals surface area contributed by atoms with Gasteiger partial charge < -0.3 is 20.1 Å². The zero-order valence-electron chi connectivity index (χ0n) is 14.5. The van der Waals surface area contributed by atoms with Crippen molar-refractivity contribution in [3.05, 3.63) is 28.2 Å². The molecule has 1 atom stereocenters. The Morgan fingerprint density at radius 1 is 1.26 bits per heavy atom. The van der Waals surface area contributed by atoms with Crippen LogP contribution < -0.4 is 10.6 Å². The SMILES string of the molecule is O=C(N[C@]1(S(=O)(=O)c2c(Cl)cccc2Cl)CCCNC1)N1CC[S+]([O-])CC1. The molecule has 1 aromatic rings. The number of amides is 2. The van der Waals surface area contributed by atoms with Gasteiger partial charge in [0.1, 0.15) is 16.4 Å². The molecule has 2 N–H and O–H groups in total. The van der Waals surface area contributed by atoms with Crippen molar-refractivity contribution in [1.29, 1.82) is 0 Å². The van der Waals surface area contributed by atoms with Crippen molar-refractivity contribution in [2.45, 2.75) is 22.6 Å². The number of benzene rings is 1. The van der Waals surface area contributed by atoms with E-state index >= 15 is 0 Å². The molecule has 0 unspecified atom stereocenters. The van der Waals surface area contributed by atoms with E-state index in [2.05, 4.69) is 10.6 Å². The van der Waals surface area contributed by atoms with Crippen molar-refractivity contribution in [1.82, 2.24) is 15.5 Å². The van der Waals surface area contributed by atoms with E-state index < -0.39 is 31.9 Å². The summed E-state index contributed by atoms with van der Waals surface area (Å²) in [6.07, 6.45) is 0.820. The molecule has 0 spiro atoms. The van der Waals surface area contributed by atoms with Crippen LogP contribution in [0.3, 0.4) is 0 Å². The van der Waals surface area contributed by atoms with Gasteiger partial charge in [-0.2, -0.15) is 0 Å². The molecular formula is C16H21Cl2N3O4S2. The van der Waals surface area contributed by atoms with E-state index in [0.29, 0.717) is 37.6 Å². The molecule has 2 aliphatic rings. The molecule has 0 saturated carbocycles. The molecule has 0 bridgehead atoms. The molecule has 2 heterocycles. The molecule has 27 heavy (non-hydrogen) atoms. The van der Waals surface area contributed by atoms with Crippen molar-refractivity contribution in [3.63, 3.8) is 0 Å². The molecule has 7 nitrogen and oxygen atoms in total. The molecule has 2 saturated heterocycles. The quantitative estimate of drug-likeness (QED) is 0.676. The number of carbonyl (C=O) groups is 1. The zero-order chi connectivity index (χ0) is 19.7. The molecule has 150 valence electrons. The standard InChI is InChI=1S/C16H21Cl2N3O4S2/c17-12-3-1-4-13(18)14(12)27(24,25)16(5-2-6-19-11-16)20-15(22)21-7-9-26(23)10-8-21/h1,3-4,19H,2,5-11H2,(H,20,22)/t16-/m0/s1. The van der Waals surface area contributed by atoms with Crippen LogP contribution in [-0.2, 0) is 21.0 Å². The summed E-state index contributed by atoms with van der Waals surface area (Å²) in [7, 11) is -4.07. The molecular weight excluding hydrogens is 433 g/mol. The average molecular weight is 454 g/mol. The fourth-order valence-corrected chi connectivity index (χ4v) is 7.36. The number of carbonyl (C=O) groups excluding carboxylic acids is 1. The number of piperidine rings is 1. The molecule has 1 aromatic carbocycles. The maximum Gasteiger partial charge on any atom is 0.319 e. The molecule has 0 aliphatic carbocycles. The fourth-order valence-electron chi connectivity index (χ4n) is 3.33. The Morgan fingerprint density at radius 2 is 1.89 bits per heavy atom. The smallest absolute Gasteiger partial charge is 0.319 e. The number of hydrogen-bond acceptors (Lipinski definition) is 5. The summed E-state index contributed by atoms with van der Waals surface area (Å²) in [4.78, 5) is 12.6. The Hall–Kier alpha value is -0.710. The van der Waals surface area contributed by atoms with E-state index in [4.69, 9.17) is 23.2 Å². The topological polar surface area (TPSA) is 102 Å². The van der Waals surface area contributed by atoms with E-state index in [1.807, 2.05) is 0 Å². The maximum absolute atomic E-state index is 13.5. The van der Waals surface area contributed by atoms with Crippen LogP contribution in [-0.4, -0.2) is 66.5 Å². The van der Waals surface area contributed by atoms with Gasteiger partial charge in [-0.05, 0) is 31.5 Å². The average Bonchev–Trinajstić information content (AvgIpc) is 2.62. The molecule has 2 fully saturated rings. The number of hydrogen-bond donors (Lipinski definition) is 2. The third kappa shape index (κ3) is 4.18. The Kier molecular flexibility index (Phi) is 6.49. The van der Waals surface area contributed by atoms with Crippen molar-refractivity contribution >= 4 is 50.2 Å². The molecule has 0 radical (unpaired) electrons. The Balaban J connectivity index is 1.94. The van der Waals surface area contributed by atoms with Gasteiger partial charge in [0.2, 0.25) is 9.84 Å². The lowest BCUT2D eigenvalue weighted by atomic mass is 10.1. The first kappa shape index (κ1) is 21.0. The van der Waals surface area contributed by atoms with Gasteiger partial charge in [-0.3, -0.25) is 0 Å². The second-order valence-corrected chi connectivity index (χ2v) is 11.3. The predicted molar refractivity (Wildman–Crippen MR) is 106 cm³/mol. The van der Waals surface area contributed by atoms with Crippen molar-refractivity contribution < 1.29 is 17.8 Å². The minimum Gasteiger partial charge on any atom is -0.616 e. The number of urea groups is 1. The second-order valence-electron chi connectivity index (χ2n) is 6.59. The third-order valence-electron chi connectivity index (χ3n) is 4.85. The van der Waals surface area contributed by atoms with Crippen LogP contribution in [0.2, 0.25) is 10.0 Å².